The first-order valence-electron chi connectivity index (χ1n) is 10.5. The minimum Gasteiger partial charge on any atom is -0.507 e. The number of phenols is 1. The van der Waals surface area contributed by atoms with Crippen LogP contribution in [0.15, 0.2) is 88.9 Å². The van der Waals surface area contributed by atoms with E-state index in [0.29, 0.717) is 23.6 Å². The number of aliphatic imine (C=N–C) groups is 1. The van der Waals surface area contributed by atoms with Crippen molar-refractivity contribution in [3.8, 4) is 11.8 Å². The summed E-state index contributed by atoms with van der Waals surface area (Å²) >= 11 is 0. The molecule has 166 valence electrons. The molecule has 4 rings (SSSR count). The van der Waals surface area contributed by atoms with Crippen LogP contribution in [0, 0.1) is 25.2 Å². The number of amidine groups is 1. The van der Waals surface area contributed by atoms with Crippen LogP contribution >= 0.6 is 0 Å². The molecule has 0 unspecified atom stereocenters. The average Bonchev–Trinajstić information content (AvgIpc) is 3.16. The lowest BCUT2D eigenvalue weighted by Gasteiger charge is -2.06. The van der Waals surface area contributed by atoms with Gasteiger partial charge in [-0.05, 0) is 62.7 Å². The molecule has 1 heterocycles. The molecule has 3 aromatic rings. The molecule has 1 aliphatic rings. The number of amides is 1. The standard InChI is InChI=1S/C14H13NO2.C13H13N3/c1-10-6-8-11(9-7-10)15-14(17)12-4-2-3-5-13(12)16;1-9-3-5-11(6-4-9)16-13-12(7-14)10(2)8-15-13/h2-9,16H,1H3,(H,15,17);3-6H,8H2,1-2H3,(H,15,16). The number of phenolic OH excluding ortho intramolecular Hbond substituents is 1. The zero-order valence-corrected chi connectivity index (χ0v) is 18.9. The highest BCUT2D eigenvalue weighted by Gasteiger charge is 2.16. The topological polar surface area (TPSA) is 97.5 Å². The van der Waals surface area contributed by atoms with Gasteiger partial charge in [0.25, 0.3) is 5.91 Å². The molecule has 0 aromatic heterocycles. The van der Waals surface area contributed by atoms with Crippen molar-refractivity contribution in [2.45, 2.75) is 20.8 Å². The molecule has 3 aromatic carbocycles. The summed E-state index contributed by atoms with van der Waals surface area (Å²) in [5.41, 5.74) is 5.98. The number of nitrogens with one attached hydrogen (secondary N) is 2. The Hall–Kier alpha value is -4.37. The van der Waals surface area contributed by atoms with Crippen LogP contribution < -0.4 is 10.6 Å². The first-order valence-corrected chi connectivity index (χ1v) is 10.5. The maximum absolute atomic E-state index is 11.8. The first-order chi connectivity index (χ1) is 15.9. The van der Waals surface area contributed by atoms with E-state index in [4.69, 9.17) is 5.26 Å². The molecule has 33 heavy (non-hydrogen) atoms. The second kappa shape index (κ2) is 10.8. The van der Waals surface area contributed by atoms with Gasteiger partial charge in [0.05, 0.1) is 17.7 Å². The first kappa shape index (κ1) is 23.3. The molecular formula is C27H26N4O2. The van der Waals surface area contributed by atoms with Crippen molar-refractivity contribution in [1.82, 2.24) is 0 Å². The molecule has 6 heteroatoms. The van der Waals surface area contributed by atoms with Gasteiger partial charge in [-0.2, -0.15) is 5.26 Å². The second-order valence-corrected chi connectivity index (χ2v) is 7.76. The van der Waals surface area contributed by atoms with E-state index in [0.717, 1.165) is 16.8 Å². The van der Waals surface area contributed by atoms with Crippen LogP contribution in [0.4, 0.5) is 11.4 Å². The quantitative estimate of drug-likeness (QED) is 0.495. The van der Waals surface area contributed by atoms with Crippen molar-refractivity contribution in [3.05, 3.63) is 101 Å². The highest BCUT2D eigenvalue weighted by molar-refractivity contribution is 6.12. The summed E-state index contributed by atoms with van der Waals surface area (Å²) in [7, 11) is 0. The van der Waals surface area contributed by atoms with Crippen LogP contribution in [-0.4, -0.2) is 23.4 Å². The average molecular weight is 439 g/mol. The number of anilines is 2. The molecule has 0 bridgehead atoms. The summed E-state index contributed by atoms with van der Waals surface area (Å²) in [6.45, 7) is 6.58. The molecule has 0 atom stereocenters. The maximum atomic E-state index is 11.8. The zero-order valence-electron chi connectivity index (χ0n) is 18.9. The van der Waals surface area contributed by atoms with E-state index >= 15 is 0 Å². The highest BCUT2D eigenvalue weighted by atomic mass is 16.3. The SMILES string of the molecule is CC1=C(C#N)C(Nc2ccc(C)cc2)=NC1.Cc1ccc(NC(=O)c2ccccc2O)cc1. The van der Waals surface area contributed by atoms with Crippen molar-refractivity contribution in [2.75, 3.05) is 17.2 Å². The number of carbonyl (C=O) groups is 1. The Bertz CT molecular complexity index is 1230. The largest absolute Gasteiger partial charge is 0.507 e. The van der Waals surface area contributed by atoms with Gasteiger partial charge in [-0.25, -0.2) is 0 Å². The van der Waals surface area contributed by atoms with Gasteiger partial charge < -0.3 is 15.7 Å². The van der Waals surface area contributed by atoms with Crippen LogP contribution in [0.3, 0.4) is 0 Å². The lowest BCUT2D eigenvalue weighted by molar-refractivity contribution is 0.102. The van der Waals surface area contributed by atoms with E-state index in [1.807, 2.05) is 69.3 Å². The van der Waals surface area contributed by atoms with E-state index in [9.17, 15) is 9.90 Å². The normalized spacial score (nSPS) is 12.2. The highest BCUT2D eigenvalue weighted by Crippen LogP contribution is 2.18. The van der Waals surface area contributed by atoms with E-state index in [1.165, 1.54) is 11.6 Å². The third kappa shape index (κ3) is 6.31. The molecule has 0 spiro atoms. The van der Waals surface area contributed by atoms with Gasteiger partial charge >= 0.3 is 0 Å². The number of aromatic hydroxyl groups is 1. The number of rotatable bonds is 3. The van der Waals surface area contributed by atoms with Gasteiger partial charge in [0, 0.05) is 11.4 Å². The molecule has 0 fully saturated rings. The van der Waals surface area contributed by atoms with Crippen molar-refractivity contribution in [1.29, 1.82) is 5.26 Å². The molecule has 0 aliphatic carbocycles. The number of nitrogens with zero attached hydrogens (tertiary/aromatic N) is 2. The van der Waals surface area contributed by atoms with Crippen LogP contribution in [0.1, 0.15) is 28.4 Å². The third-order valence-corrected chi connectivity index (χ3v) is 5.02. The molecule has 1 amide bonds. The van der Waals surface area contributed by atoms with Crippen LogP contribution in [0.25, 0.3) is 0 Å². The van der Waals surface area contributed by atoms with Crippen molar-refractivity contribution in [3.63, 3.8) is 0 Å². The smallest absolute Gasteiger partial charge is 0.259 e. The summed E-state index contributed by atoms with van der Waals surface area (Å²) in [4.78, 5) is 16.1. The van der Waals surface area contributed by atoms with Crippen molar-refractivity contribution < 1.29 is 9.90 Å². The molecule has 3 N–H and O–H groups in total. The fourth-order valence-corrected chi connectivity index (χ4v) is 3.08. The number of aryl methyl sites for hydroxylation is 2. The number of hydrogen-bond acceptors (Lipinski definition) is 5. The summed E-state index contributed by atoms with van der Waals surface area (Å²) in [5.74, 6) is 0.355. The van der Waals surface area contributed by atoms with Gasteiger partial charge in [0.15, 0.2) is 0 Å². The molecule has 0 radical (unpaired) electrons. The molecular weight excluding hydrogens is 412 g/mol. The molecule has 0 saturated carbocycles. The lowest BCUT2D eigenvalue weighted by Crippen LogP contribution is -2.11. The zero-order chi connectivity index (χ0) is 23.8. The van der Waals surface area contributed by atoms with Crippen molar-refractivity contribution >= 4 is 23.1 Å². The Labute approximate surface area is 193 Å². The third-order valence-electron chi connectivity index (χ3n) is 5.02. The maximum Gasteiger partial charge on any atom is 0.259 e. The fourth-order valence-electron chi connectivity index (χ4n) is 3.08. The van der Waals surface area contributed by atoms with E-state index in [2.05, 4.69) is 21.7 Å². The lowest BCUT2D eigenvalue weighted by atomic mass is 10.1. The monoisotopic (exact) mass is 438 g/mol. The predicted molar refractivity (Wildman–Crippen MR) is 133 cm³/mol. The van der Waals surface area contributed by atoms with Gasteiger partial charge in [0.1, 0.15) is 17.7 Å². The Kier molecular flexibility index (Phi) is 7.61. The number of carbonyl (C=O) groups excluding carboxylic acids is 1. The number of para-hydroxylation sites is 1. The minimum absolute atomic E-state index is 0.0166. The van der Waals surface area contributed by atoms with E-state index in [1.54, 1.807) is 18.2 Å². The minimum atomic E-state index is -0.313. The predicted octanol–water partition coefficient (Wildman–Crippen LogP) is 5.61. The summed E-state index contributed by atoms with van der Waals surface area (Å²) in [6, 6.07) is 24.2. The Balaban J connectivity index is 0.000000186. The summed E-state index contributed by atoms with van der Waals surface area (Å²) in [5, 5.41) is 24.4. The Morgan fingerprint density at radius 3 is 2.06 bits per heavy atom. The Morgan fingerprint density at radius 2 is 1.48 bits per heavy atom. The summed E-state index contributed by atoms with van der Waals surface area (Å²) < 4.78 is 0. The second-order valence-electron chi connectivity index (χ2n) is 7.76. The van der Waals surface area contributed by atoms with Gasteiger partial charge in [0.2, 0.25) is 0 Å². The van der Waals surface area contributed by atoms with E-state index < -0.39 is 0 Å². The van der Waals surface area contributed by atoms with Crippen molar-refractivity contribution in [2.24, 2.45) is 4.99 Å². The molecule has 1 aliphatic heterocycles. The molecule has 0 saturated heterocycles. The van der Waals surface area contributed by atoms with Crippen LogP contribution in [0.5, 0.6) is 5.75 Å². The number of hydrogen-bond donors (Lipinski definition) is 3. The fraction of sp³-hybridized carbons (Fsp3) is 0.148. The van der Waals surface area contributed by atoms with Crippen LogP contribution in [-0.2, 0) is 0 Å². The van der Waals surface area contributed by atoms with Gasteiger partial charge in [-0.1, -0.05) is 47.5 Å². The van der Waals surface area contributed by atoms with Gasteiger partial charge in [-0.15, -0.1) is 0 Å². The molecule has 6 nitrogen and oxygen atoms in total. The number of benzene rings is 3. The summed E-state index contributed by atoms with van der Waals surface area (Å²) in [6.07, 6.45) is 0. The van der Waals surface area contributed by atoms with Crippen LogP contribution in [0.2, 0.25) is 0 Å². The van der Waals surface area contributed by atoms with E-state index in [-0.39, 0.29) is 17.2 Å². The Morgan fingerprint density at radius 1 is 0.909 bits per heavy atom. The van der Waals surface area contributed by atoms with Gasteiger partial charge in [-0.3, -0.25) is 9.79 Å². The number of nitriles is 1.